The molecular weight excluding hydrogens is 236 g/mol. The zero-order valence-corrected chi connectivity index (χ0v) is 12.0. The van der Waals surface area contributed by atoms with E-state index in [1.807, 2.05) is 29.2 Å². The van der Waals surface area contributed by atoms with Gasteiger partial charge in [-0.1, -0.05) is 26.0 Å². The molecule has 104 valence electrons. The lowest BCUT2D eigenvalue weighted by Crippen LogP contribution is -2.43. The Morgan fingerprint density at radius 1 is 1.42 bits per heavy atom. The normalized spacial score (nSPS) is 18.3. The monoisotopic (exact) mass is 260 g/mol. The summed E-state index contributed by atoms with van der Waals surface area (Å²) in [6.07, 6.45) is 3.70. The van der Waals surface area contributed by atoms with Gasteiger partial charge in [-0.15, -0.1) is 0 Å². The van der Waals surface area contributed by atoms with E-state index in [0.29, 0.717) is 6.42 Å². The molecule has 3 heteroatoms. The van der Waals surface area contributed by atoms with Crippen molar-refractivity contribution < 1.29 is 4.79 Å². The minimum absolute atomic E-state index is 0.269. The summed E-state index contributed by atoms with van der Waals surface area (Å²) in [7, 11) is 0. The van der Waals surface area contributed by atoms with Gasteiger partial charge in [0.05, 0.1) is 0 Å². The standard InChI is InChI=1S/C16H24N2O/c1-16(2)9-4-10-18(12-16)15(19)8-7-13-5-3-6-14(17)11-13/h3,5-6,11H,4,7-10,12,17H2,1-2H3. The van der Waals surface area contributed by atoms with Gasteiger partial charge in [0.15, 0.2) is 0 Å². The molecule has 1 saturated heterocycles. The molecular formula is C16H24N2O. The van der Waals surface area contributed by atoms with Crippen LogP contribution >= 0.6 is 0 Å². The number of amides is 1. The van der Waals surface area contributed by atoms with Gasteiger partial charge < -0.3 is 10.6 Å². The molecule has 1 aliphatic heterocycles. The third kappa shape index (κ3) is 3.98. The third-order valence-corrected chi connectivity index (χ3v) is 3.83. The van der Waals surface area contributed by atoms with Crippen LogP contribution in [0, 0.1) is 5.41 Å². The summed E-state index contributed by atoms with van der Waals surface area (Å²) in [6, 6.07) is 7.80. The molecule has 1 aliphatic rings. The van der Waals surface area contributed by atoms with Gasteiger partial charge in [0.2, 0.25) is 5.91 Å². The molecule has 2 rings (SSSR count). The van der Waals surface area contributed by atoms with Crippen molar-refractivity contribution in [1.82, 2.24) is 4.90 Å². The second kappa shape index (κ2) is 5.64. The molecule has 1 heterocycles. The van der Waals surface area contributed by atoms with Gasteiger partial charge in [-0.25, -0.2) is 0 Å². The molecule has 0 spiro atoms. The number of anilines is 1. The van der Waals surface area contributed by atoms with Crippen LogP contribution in [-0.4, -0.2) is 23.9 Å². The molecule has 1 amide bonds. The molecule has 0 unspecified atom stereocenters. The fourth-order valence-electron chi connectivity index (χ4n) is 2.79. The van der Waals surface area contributed by atoms with Crippen molar-refractivity contribution in [2.24, 2.45) is 5.41 Å². The minimum atomic E-state index is 0.269. The van der Waals surface area contributed by atoms with E-state index in [4.69, 9.17) is 5.73 Å². The number of carbonyl (C=O) groups is 1. The number of hydrogen-bond acceptors (Lipinski definition) is 2. The van der Waals surface area contributed by atoms with Crippen LogP contribution < -0.4 is 5.73 Å². The molecule has 1 fully saturated rings. The number of rotatable bonds is 3. The van der Waals surface area contributed by atoms with Crippen LogP contribution in [0.25, 0.3) is 0 Å². The first-order chi connectivity index (χ1) is 8.96. The van der Waals surface area contributed by atoms with Crippen LogP contribution in [0.4, 0.5) is 5.69 Å². The van der Waals surface area contributed by atoms with E-state index in [0.717, 1.165) is 37.2 Å². The highest BCUT2D eigenvalue weighted by atomic mass is 16.2. The van der Waals surface area contributed by atoms with Crippen molar-refractivity contribution in [3.63, 3.8) is 0 Å². The van der Waals surface area contributed by atoms with E-state index in [-0.39, 0.29) is 11.3 Å². The van der Waals surface area contributed by atoms with Crippen molar-refractivity contribution >= 4 is 11.6 Å². The maximum atomic E-state index is 12.2. The predicted molar refractivity (Wildman–Crippen MR) is 78.8 cm³/mol. The Labute approximate surface area is 115 Å². The third-order valence-electron chi connectivity index (χ3n) is 3.83. The van der Waals surface area contributed by atoms with Crippen LogP contribution in [-0.2, 0) is 11.2 Å². The fraction of sp³-hybridized carbons (Fsp3) is 0.562. The average Bonchev–Trinajstić information content (AvgIpc) is 2.35. The fourth-order valence-corrected chi connectivity index (χ4v) is 2.79. The summed E-state index contributed by atoms with van der Waals surface area (Å²) < 4.78 is 0. The number of hydrogen-bond donors (Lipinski definition) is 1. The minimum Gasteiger partial charge on any atom is -0.399 e. The van der Waals surface area contributed by atoms with E-state index < -0.39 is 0 Å². The maximum absolute atomic E-state index is 12.2. The molecule has 0 radical (unpaired) electrons. The van der Waals surface area contributed by atoms with E-state index >= 15 is 0 Å². The Kier molecular flexibility index (Phi) is 4.13. The number of likely N-dealkylation sites (tertiary alicyclic amines) is 1. The molecule has 0 saturated carbocycles. The van der Waals surface area contributed by atoms with E-state index in [1.165, 1.54) is 6.42 Å². The van der Waals surface area contributed by atoms with E-state index in [1.54, 1.807) is 0 Å². The molecule has 19 heavy (non-hydrogen) atoms. The number of piperidine rings is 1. The second-order valence-corrected chi connectivity index (χ2v) is 6.33. The van der Waals surface area contributed by atoms with E-state index in [9.17, 15) is 4.79 Å². The number of nitrogens with zero attached hydrogens (tertiary/aromatic N) is 1. The van der Waals surface area contributed by atoms with Crippen LogP contribution in [0.5, 0.6) is 0 Å². The number of benzene rings is 1. The zero-order chi connectivity index (χ0) is 13.9. The zero-order valence-electron chi connectivity index (χ0n) is 12.0. The van der Waals surface area contributed by atoms with E-state index in [2.05, 4.69) is 13.8 Å². The Bertz CT molecular complexity index is 454. The first-order valence-electron chi connectivity index (χ1n) is 7.08. The van der Waals surface area contributed by atoms with Crippen LogP contribution in [0.1, 0.15) is 38.7 Å². The smallest absolute Gasteiger partial charge is 0.222 e. The lowest BCUT2D eigenvalue weighted by Gasteiger charge is -2.38. The lowest BCUT2D eigenvalue weighted by molar-refractivity contribution is -0.134. The molecule has 2 N–H and O–H groups in total. The largest absolute Gasteiger partial charge is 0.399 e. The summed E-state index contributed by atoms with van der Waals surface area (Å²) in [5.41, 5.74) is 7.93. The average molecular weight is 260 g/mol. The Hall–Kier alpha value is -1.51. The number of nitrogen functional groups attached to an aromatic ring is 1. The van der Waals surface area contributed by atoms with Crippen molar-refractivity contribution in [1.29, 1.82) is 0 Å². The van der Waals surface area contributed by atoms with Gasteiger partial charge in [0, 0.05) is 25.2 Å². The Morgan fingerprint density at radius 3 is 2.89 bits per heavy atom. The molecule has 1 aromatic carbocycles. The highest BCUT2D eigenvalue weighted by Gasteiger charge is 2.28. The highest BCUT2D eigenvalue weighted by molar-refractivity contribution is 5.76. The topological polar surface area (TPSA) is 46.3 Å². The van der Waals surface area contributed by atoms with Gasteiger partial charge in [-0.05, 0) is 42.4 Å². The van der Waals surface area contributed by atoms with Crippen molar-refractivity contribution in [2.75, 3.05) is 18.8 Å². The summed E-state index contributed by atoms with van der Waals surface area (Å²) in [5, 5.41) is 0. The Balaban J connectivity index is 1.87. The first kappa shape index (κ1) is 13.9. The predicted octanol–water partition coefficient (Wildman–Crippen LogP) is 2.85. The molecule has 1 aromatic rings. The summed E-state index contributed by atoms with van der Waals surface area (Å²) >= 11 is 0. The molecule has 0 bridgehead atoms. The second-order valence-electron chi connectivity index (χ2n) is 6.33. The van der Waals surface area contributed by atoms with Crippen LogP contribution in [0.15, 0.2) is 24.3 Å². The van der Waals surface area contributed by atoms with Crippen LogP contribution in [0.3, 0.4) is 0 Å². The summed E-state index contributed by atoms with van der Waals surface area (Å²) in [5.74, 6) is 0.273. The highest BCUT2D eigenvalue weighted by Crippen LogP contribution is 2.28. The summed E-state index contributed by atoms with van der Waals surface area (Å²) in [6.45, 7) is 6.29. The van der Waals surface area contributed by atoms with Crippen LogP contribution in [0.2, 0.25) is 0 Å². The number of aryl methyl sites for hydroxylation is 1. The Morgan fingerprint density at radius 2 is 2.21 bits per heavy atom. The number of carbonyl (C=O) groups excluding carboxylic acids is 1. The first-order valence-corrected chi connectivity index (χ1v) is 7.08. The molecule has 3 nitrogen and oxygen atoms in total. The van der Waals surface area contributed by atoms with Gasteiger partial charge in [0.1, 0.15) is 0 Å². The lowest BCUT2D eigenvalue weighted by atomic mass is 9.84. The number of nitrogens with two attached hydrogens (primary N) is 1. The quantitative estimate of drug-likeness (QED) is 0.849. The molecule has 0 aromatic heterocycles. The molecule has 0 aliphatic carbocycles. The molecule has 0 atom stereocenters. The summed E-state index contributed by atoms with van der Waals surface area (Å²) in [4.78, 5) is 14.3. The van der Waals surface area contributed by atoms with Crippen molar-refractivity contribution in [2.45, 2.75) is 39.5 Å². The van der Waals surface area contributed by atoms with Gasteiger partial charge in [0.25, 0.3) is 0 Å². The SMILES string of the molecule is CC1(C)CCCN(C(=O)CCc2cccc(N)c2)C1. The van der Waals surface area contributed by atoms with Crippen molar-refractivity contribution in [3.8, 4) is 0 Å². The van der Waals surface area contributed by atoms with Gasteiger partial charge >= 0.3 is 0 Å². The van der Waals surface area contributed by atoms with Gasteiger partial charge in [-0.3, -0.25) is 4.79 Å². The van der Waals surface area contributed by atoms with Crippen molar-refractivity contribution in [3.05, 3.63) is 29.8 Å². The maximum Gasteiger partial charge on any atom is 0.222 e. The van der Waals surface area contributed by atoms with Gasteiger partial charge in [-0.2, -0.15) is 0 Å².